The summed E-state index contributed by atoms with van der Waals surface area (Å²) in [6.45, 7) is 0.289. The number of methoxy groups -OCH3 is 1. The number of pyridine rings is 1. The lowest BCUT2D eigenvalue weighted by Crippen LogP contribution is -2.29. The Hall–Kier alpha value is -3.28. The van der Waals surface area contributed by atoms with Crippen LogP contribution in [0.2, 0.25) is 0 Å². The molecule has 6 nitrogen and oxygen atoms in total. The Balaban J connectivity index is 1.47. The molecule has 1 aromatic carbocycles. The van der Waals surface area contributed by atoms with Gasteiger partial charge >= 0.3 is 0 Å². The molecule has 1 unspecified atom stereocenters. The van der Waals surface area contributed by atoms with E-state index in [4.69, 9.17) is 9.15 Å². The molecule has 4 rings (SSSR count). The molecule has 0 spiro atoms. The van der Waals surface area contributed by atoms with E-state index in [2.05, 4.69) is 5.32 Å². The molecule has 3 aromatic rings. The van der Waals surface area contributed by atoms with Gasteiger partial charge in [-0.15, -0.1) is 0 Å². The molecule has 1 aliphatic carbocycles. The highest BCUT2D eigenvalue weighted by atomic mass is 16.5. The van der Waals surface area contributed by atoms with Crippen LogP contribution in [0, 0.1) is 5.92 Å². The van der Waals surface area contributed by atoms with E-state index >= 15 is 0 Å². The summed E-state index contributed by atoms with van der Waals surface area (Å²) in [6.07, 6.45) is 3.88. The SMILES string of the molecule is COc1ccc(C(NC(=O)c2ccc(Cn3ccccc3=O)o2)C2CC2)cc1. The minimum absolute atomic E-state index is 0.0521. The normalized spacial score (nSPS) is 14.5. The molecule has 0 bridgehead atoms. The lowest BCUT2D eigenvalue weighted by molar-refractivity contribution is 0.0901. The zero-order valence-corrected chi connectivity index (χ0v) is 15.6. The van der Waals surface area contributed by atoms with Gasteiger partial charge in [0.1, 0.15) is 11.5 Å². The Morgan fingerprint density at radius 3 is 2.64 bits per heavy atom. The minimum Gasteiger partial charge on any atom is -0.497 e. The van der Waals surface area contributed by atoms with E-state index in [1.165, 1.54) is 10.6 Å². The number of carbonyl (C=O) groups is 1. The van der Waals surface area contributed by atoms with E-state index in [-0.39, 0.29) is 29.8 Å². The minimum atomic E-state index is -0.251. The van der Waals surface area contributed by atoms with Crippen LogP contribution in [0.4, 0.5) is 0 Å². The first-order valence-corrected chi connectivity index (χ1v) is 9.33. The zero-order valence-electron chi connectivity index (χ0n) is 15.6. The molecule has 1 atom stereocenters. The summed E-state index contributed by atoms with van der Waals surface area (Å²) in [5, 5.41) is 3.10. The molecule has 1 aliphatic rings. The maximum Gasteiger partial charge on any atom is 0.287 e. The lowest BCUT2D eigenvalue weighted by Gasteiger charge is -2.18. The largest absolute Gasteiger partial charge is 0.497 e. The van der Waals surface area contributed by atoms with Crippen molar-refractivity contribution in [2.24, 2.45) is 5.92 Å². The summed E-state index contributed by atoms with van der Waals surface area (Å²) < 4.78 is 12.4. The topological polar surface area (TPSA) is 73.5 Å². The number of amides is 1. The number of hydrogen-bond acceptors (Lipinski definition) is 4. The molecular weight excluding hydrogens is 356 g/mol. The Bertz CT molecular complexity index is 1020. The fourth-order valence-corrected chi connectivity index (χ4v) is 3.27. The van der Waals surface area contributed by atoms with Crippen LogP contribution in [-0.2, 0) is 6.54 Å². The van der Waals surface area contributed by atoms with E-state index in [0.29, 0.717) is 11.7 Å². The van der Waals surface area contributed by atoms with Crippen LogP contribution in [0.5, 0.6) is 5.75 Å². The monoisotopic (exact) mass is 378 g/mol. The molecule has 28 heavy (non-hydrogen) atoms. The highest BCUT2D eigenvalue weighted by Crippen LogP contribution is 2.41. The van der Waals surface area contributed by atoms with Gasteiger partial charge < -0.3 is 19.0 Å². The van der Waals surface area contributed by atoms with Crippen molar-refractivity contribution < 1.29 is 13.9 Å². The third-order valence-corrected chi connectivity index (χ3v) is 4.97. The summed E-state index contributed by atoms with van der Waals surface area (Å²) in [6, 6.07) is 16.1. The lowest BCUT2D eigenvalue weighted by atomic mass is 10.0. The van der Waals surface area contributed by atoms with Crippen LogP contribution >= 0.6 is 0 Å². The van der Waals surface area contributed by atoms with Gasteiger partial charge in [0.2, 0.25) is 0 Å². The highest BCUT2D eigenvalue weighted by Gasteiger charge is 2.34. The van der Waals surface area contributed by atoms with Crippen molar-refractivity contribution in [1.29, 1.82) is 0 Å². The molecule has 0 radical (unpaired) electrons. The van der Waals surface area contributed by atoms with Crippen LogP contribution in [0.3, 0.4) is 0 Å². The first-order valence-electron chi connectivity index (χ1n) is 9.33. The predicted molar refractivity (Wildman–Crippen MR) is 104 cm³/mol. The van der Waals surface area contributed by atoms with Crippen molar-refractivity contribution >= 4 is 5.91 Å². The van der Waals surface area contributed by atoms with Gasteiger partial charge in [-0.3, -0.25) is 9.59 Å². The average molecular weight is 378 g/mol. The molecular formula is C22H22N2O4. The van der Waals surface area contributed by atoms with Crippen LogP contribution in [0.15, 0.2) is 70.0 Å². The third-order valence-electron chi connectivity index (χ3n) is 4.97. The standard InChI is InChI=1S/C22H22N2O4/c1-27-17-9-7-16(8-10-17)21(15-5-6-15)23-22(26)19-12-11-18(28-19)14-24-13-3-2-4-20(24)25/h2-4,7-13,15,21H,5-6,14H2,1H3,(H,23,26). The second-order valence-corrected chi connectivity index (χ2v) is 6.99. The fourth-order valence-electron chi connectivity index (χ4n) is 3.27. The molecule has 1 fully saturated rings. The number of carbonyl (C=O) groups excluding carboxylic acids is 1. The second-order valence-electron chi connectivity index (χ2n) is 6.99. The molecule has 6 heteroatoms. The zero-order chi connectivity index (χ0) is 19.5. The van der Waals surface area contributed by atoms with Crippen LogP contribution < -0.4 is 15.6 Å². The van der Waals surface area contributed by atoms with Crippen molar-refractivity contribution in [3.05, 3.63) is 88.2 Å². The maximum absolute atomic E-state index is 12.7. The van der Waals surface area contributed by atoms with Gasteiger partial charge in [-0.25, -0.2) is 0 Å². The van der Waals surface area contributed by atoms with Gasteiger partial charge in [0.15, 0.2) is 5.76 Å². The molecule has 2 heterocycles. The first kappa shape index (κ1) is 18.1. The molecule has 144 valence electrons. The molecule has 0 saturated heterocycles. The van der Waals surface area contributed by atoms with Gasteiger partial charge in [0, 0.05) is 12.3 Å². The molecule has 2 aromatic heterocycles. The Labute approximate surface area is 162 Å². The summed E-state index contributed by atoms with van der Waals surface area (Å²) in [4.78, 5) is 24.5. The number of aromatic nitrogens is 1. The number of ether oxygens (including phenoxy) is 1. The van der Waals surface area contributed by atoms with Gasteiger partial charge in [0.05, 0.1) is 19.7 Å². The first-order chi connectivity index (χ1) is 13.6. The Morgan fingerprint density at radius 2 is 1.96 bits per heavy atom. The third kappa shape index (κ3) is 4.01. The summed E-state index contributed by atoms with van der Waals surface area (Å²) in [5.74, 6) is 1.79. The van der Waals surface area contributed by atoms with Crippen LogP contribution in [0.1, 0.15) is 40.8 Å². The van der Waals surface area contributed by atoms with Gasteiger partial charge in [-0.05, 0) is 54.7 Å². The Morgan fingerprint density at radius 1 is 1.18 bits per heavy atom. The number of rotatable bonds is 7. The second kappa shape index (κ2) is 7.76. The number of hydrogen-bond donors (Lipinski definition) is 1. The van der Waals surface area contributed by atoms with E-state index in [1.54, 1.807) is 37.6 Å². The van der Waals surface area contributed by atoms with E-state index < -0.39 is 0 Å². The van der Waals surface area contributed by atoms with E-state index in [9.17, 15) is 9.59 Å². The van der Waals surface area contributed by atoms with E-state index in [1.807, 2.05) is 24.3 Å². The van der Waals surface area contributed by atoms with Crippen molar-refractivity contribution in [3.8, 4) is 5.75 Å². The van der Waals surface area contributed by atoms with E-state index in [0.717, 1.165) is 24.2 Å². The van der Waals surface area contributed by atoms with Crippen molar-refractivity contribution in [3.63, 3.8) is 0 Å². The molecule has 1 saturated carbocycles. The van der Waals surface area contributed by atoms with Gasteiger partial charge in [0.25, 0.3) is 11.5 Å². The van der Waals surface area contributed by atoms with Crippen LogP contribution in [0.25, 0.3) is 0 Å². The summed E-state index contributed by atoms with van der Waals surface area (Å²) in [7, 11) is 1.63. The smallest absolute Gasteiger partial charge is 0.287 e. The Kier molecular flexibility index (Phi) is 5.02. The van der Waals surface area contributed by atoms with Crippen molar-refractivity contribution in [2.45, 2.75) is 25.4 Å². The fraction of sp³-hybridized carbons (Fsp3) is 0.273. The highest BCUT2D eigenvalue weighted by molar-refractivity contribution is 5.91. The molecule has 0 aliphatic heterocycles. The maximum atomic E-state index is 12.7. The number of benzene rings is 1. The van der Waals surface area contributed by atoms with Gasteiger partial charge in [-0.2, -0.15) is 0 Å². The number of nitrogens with zero attached hydrogens (tertiary/aromatic N) is 1. The summed E-state index contributed by atoms with van der Waals surface area (Å²) >= 11 is 0. The number of furan rings is 1. The van der Waals surface area contributed by atoms with Crippen LogP contribution in [-0.4, -0.2) is 17.6 Å². The predicted octanol–water partition coefficient (Wildman–Crippen LogP) is 3.38. The average Bonchev–Trinajstić information content (AvgIpc) is 3.45. The molecule has 1 N–H and O–H groups in total. The number of nitrogens with one attached hydrogen (secondary N) is 1. The van der Waals surface area contributed by atoms with Crippen molar-refractivity contribution in [1.82, 2.24) is 9.88 Å². The summed E-state index contributed by atoms with van der Waals surface area (Å²) in [5.41, 5.74) is 0.942. The quantitative estimate of drug-likeness (QED) is 0.684. The molecule has 1 amide bonds. The van der Waals surface area contributed by atoms with Crippen molar-refractivity contribution in [2.75, 3.05) is 7.11 Å². The van der Waals surface area contributed by atoms with Gasteiger partial charge in [-0.1, -0.05) is 18.2 Å².